The average Bonchev–Trinajstić information content (AvgIpc) is 3.12. The number of hydrazone groups is 1. The number of hydrogen-bond donors (Lipinski definition) is 2. The van der Waals surface area contributed by atoms with E-state index in [0.29, 0.717) is 0 Å². The van der Waals surface area contributed by atoms with Crippen molar-refractivity contribution in [2.24, 2.45) is 5.10 Å². The number of carbonyl (C=O) groups is 2. The molecule has 1 saturated carbocycles. The Kier molecular flexibility index (Phi) is 5.81. The summed E-state index contributed by atoms with van der Waals surface area (Å²) in [6, 6.07) is 6.08. The minimum absolute atomic E-state index is 0.0545. The van der Waals surface area contributed by atoms with Crippen LogP contribution in [0.3, 0.4) is 0 Å². The Hall–Kier alpha value is -2.09. The van der Waals surface area contributed by atoms with Crippen molar-refractivity contribution in [3.05, 3.63) is 28.2 Å². The first-order valence-electron chi connectivity index (χ1n) is 10.5. The van der Waals surface area contributed by atoms with Crippen LogP contribution in [0.4, 0.5) is 5.69 Å². The van der Waals surface area contributed by atoms with Gasteiger partial charge in [-0.1, -0.05) is 25.8 Å². The normalized spacial score (nSPS) is 25.8. The van der Waals surface area contributed by atoms with Gasteiger partial charge in [0, 0.05) is 10.9 Å². The molecule has 1 aromatic rings. The number of nitrogens with one attached hydrogen (secondary N) is 2. The maximum atomic E-state index is 13.3. The summed E-state index contributed by atoms with van der Waals surface area (Å²) >= 11 is 3.50. The van der Waals surface area contributed by atoms with Crippen LogP contribution in [0.2, 0.25) is 0 Å². The van der Waals surface area contributed by atoms with Crippen molar-refractivity contribution in [3.8, 4) is 0 Å². The molecule has 2 heterocycles. The van der Waals surface area contributed by atoms with Gasteiger partial charge in [-0.2, -0.15) is 5.10 Å². The quantitative estimate of drug-likeness (QED) is 0.705. The Morgan fingerprint density at radius 3 is 2.79 bits per heavy atom. The zero-order chi connectivity index (χ0) is 20.5. The molecule has 7 nitrogen and oxygen atoms in total. The minimum Gasteiger partial charge on any atom is -0.325 e. The highest BCUT2D eigenvalue weighted by atomic mass is 79.9. The number of fused-ring (bicyclic) bond motifs is 3. The zero-order valence-electron chi connectivity index (χ0n) is 16.9. The summed E-state index contributed by atoms with van der Waals surface area (Å²) in [7, 11) is 0. The Morgan fingerprint density at radius 2 is 2.07 bits per heavy atom. The van der Waals surface area contributed by atoms with Gasteiger partial charge in [0.2, 0.25) is 5.91 Å². The first-order chi connectivity index (χ1) is 14.0. The fourth-order valence-corrected chi connectivity index (χ4v) is 5.32. The lowest BCUT2D eigenvalue weighted by molar-refractivity contribution is -0.151. The molecule has 2 fully saturated rings. The zero-order valence-corrected chi connectivity index (χ0v) is 18.5. The third-order valence-corrected chi connectivity index (χ3v) is 6.70. The molecular weight excluding hydrogens is 434 g/mol. The molecule has 8 heteroatoms. The van der Waals surface area contributed by atoms with Crippen LogP contribution < -0.4 is 10.7 Å². The van der Waals surface area contributed by atoms with Crippen LogP contribution in [0.15, 0.2) is 27.8 Å². The van der Waals surface area contributed by atoms with E-state index >= 15 is 0 Å². The molecule has 29 heavy (non-hydrogen) atoms. The molecule has 1 aromatic carbocycles. The third kappa shape index (κ3) is 3.86. The maximum absolute atomic E-state index is 13.3. The SMILES string of the molecule is CCCC1=NNC2C(=O)N(CC(=O)Nc3ccc(C)cc3Br)C3CCCCC3N12. The van der Waals surface area contributed by atoms with Gasteiger partial charge in [-0.05, 0) is 59.8 Å². The number of nitrogens with zero attached hydrogens (tertiary/aromatic N) is 3. The van der Waals surface area contributed by atoms with Crippen molar-refractivity contribution in [1.82, 2.24) is 15.2 Å². The Balaban J connectivity index is 1.51. The summed E-state index contributed by atoms with van der Waals surface area (Å²) in [4.78, 5) is 30.1. The second-order valence-corrected chi connectivity index (χ2v) is 8.99. The Morgan fingerprint density at radius 1 is 1.31 bits per heavy atom. The number of rotatable bonds is 5. The van der Waals surface area contributed by atoms with Crippen molar-refractivity contribution in [2.75, 3.05) is 11.9 Å². The van der Waals surface area contributed by atoms with Gasteiger partial charge in [0.05, 0.1) is 17.8 Å². The second kappa shape index (κ2) is 8.34. The molecule has 4 rings (SSSR count). The van der Waals surface area contributed by atoms with E-state index in [1.807, 2.05) is 25.1 Å². The van der Waals surface area contributed by atoms with Crippen LogP contribution in [0, 0.1) is 6.92 Å². The molecule has 3 aliphatic rings. The highest BCUT2D eigenvalue weighted by Gasteiger charge is 2.50. The topological polar surface area (TPSA) is 77.0 Å². The highest BCUT2D eigenvalue weighted by Crippen LogP contribution is 2.35. The number of aryl methyl sites for hydroxylation is 1. The van der Waals surface area contributed by atoms with Crippen LogP contribution in [0.25, 0.3) is 0 Å². The van der Waals surface area contributed by atoms with E-state index in [2.05, 4.69) is 43.6 Å². The van der Waals surface area contributed by atoms with Crippen LogP contribution in [-0.4, -0.2) is 52.2 Å². The summed E-state index contributed by atoms with van der Waals surface area (Å²) in [6.07, 6.45) is 5.57. The van der Waals surface area contributed by atoms with Crippen molar-refractivity contribution in [1.29, 1.82) is 0 Å². The molecule has 3 atom stereocenters. The lowest BCUT2D eigenvalue weighted by Crippen LogP contribution is -2.69. The highest BCUT2D eigenvalue weighted by molar-refractivity contribution is 9.10. The van der Waals surface area contributed by atoms with E-state index in [4.69, 9.17) is 0 Å². The molecule has 0 spiro atoms. The van der Waals surface area contributed by atoms with Gasteiger partial charge in [0.25, 0.3) is 5.91 Å². The van der Waals surface area contributed by atoms with Crippen LogP contribution >= 0.6 is 15.9 Å². The molecule has 2 amide bonds. The van der Waals surface area contributed by atoms with E-state index < -0.39 is 6.17 Å². The van der Waals surface area contributed by atoms with Crippen molar-refractivity contribution < 1.29 is 9.59 Å². The summed E-state index contributed by atoms with van der Waals surface area (Å²) in [5.41, 5.74) is 4.86. The van der Waals surface area contributed by atoms with Crippen molar-refractivity contribution >= 4 is 39.3 Å². The minimum atomic E-state index is -0.477. The van der Waals surface area contributed by atoms with Gasteiger partial charge in [-0.25, -0.2) is 0 Å². The molecule has 0 aromatic heterocycles. The fourth-order valence-electron chi connectivity index (χ4n) is 4.73. The third-order valence-electron chi connectivity index (χ3n) is 6.05. The predicted octanol–water partition coefficient (Wildman–Crippen LogP) is 3.19. The van der Waals surface area contributed by atoms with Gasteiger partial charge >= 0.3 is 0 Å². The van der Waals surface area contributed by atoms with E-state index in [1.165, 1.54) is 0 Å². The summed E-state index contributed by atoms with van der Waals surface area (Å²) in [5.74, 6) is 0.755. The second-order valence-electron chi connectivity index (χ2n) is 8.13. The molecule has 1 aliphatic carbocycles. The molecular formula is C21H28BrN5O2. The van der Waals surface area contributed by atoms with Crippen LogP contribution in [0.1, 0.15) is 51.0 Å². The van der Waals surface area contributed by atoms with Gasteiger partial charge < -0.3 is 15.1 Å². The largest absolute Gasteiger partial charge is 0.325 e. The predicted molar refractivity (Wildman–Crippen MR) is 116 cm³/mol. The number of benzene rings is 1. The monoisotopic (exact) mass is 461 g/mol. The molecule has 0 bridgehead atoms. The number of hydrogen-bond acceptors (Lipinski definition) is 5. The summed E-state index contributed by atoms with van der Waals surface area (Å²) < 4.78 is 0.840. The van der Waals surface area contributed by atoms with Crippen LogP contribution in [-0.2, 0) is 9.59 Å². The van der Waals surface area contributed by atoms with Crippen LogP contribution in [0.5, 0.6) is 0 Å². The molecule has 2 aliphatic heterocycles. The number of piperazine rings is 1. The number of halogens is 1. The van der Waals surface area contributed by atoms with E-state index in [0.717, 1.165) is 60.1 Å². The smallest absolute Gasteiger partial charge is 0.268 e. The molecule has 2 N–H and O–H groups in total. The van der Waals surface area contributed by atoms with Gasteiger partial charge in [0.1, 0.15) is 12.4 Å². The molecule has 1 saturated heterocycles. The molecule has 156 valence electrons. The average molecular weight is 462 g/mol. The Bertz CT molecular complexity index is 842. The first-order valence-corrected chi connectivity index (χ1v) is 11.3. The first kappa shape index (κ1) is 20.2. The number of amides is 2. The lowest BCUT2D eigenvalue weighted by Gasteiger charge is -2.51. The fraction of sp³-hybridized carbons (Fsp3) is 0.571. The van der Waals surface area contributed by atoms with Gasteiger partial charge in [0.15, 0.2) is 6.17 Å². The summed E-state index contributed by atoms with van der Waals surface area (Å²) in [6.45, 7) is 4.19. The molecule has 3 unspecified atom stereocenters. The van der Waals surface area contributed by atoms with E-state index in [1.54, 1.807) is 4.90 Å². The van der Waals surface area contributed by atoms with Crippen molar-refractivity contribution in [2.45, 2.75) is 70.6 Å². The van der Waals surface area contributed by atoms with Crippen molar-refractivity contribution in [3.63, 3.8) is 0 Å². The number of anilines is 1. The van der Waals surface area contributed by atoms with E-state index in [9.17, 15) is 9.59 Å². The van der Waals surface area contributed by atoms with Gasteiger partial charge in [-0.15, -0.1) is 0 Å². The Labute approximate surface area is 180 Å². The maximum Gasteiger partial charge on any atom is 0.268 e. The number of amidine groups is 1. The summed E-state index contributed by atoms with van der Waals surface area (Å²) in [5, 5.41) is 7.40. The number of carbonyl (C=O) groups excluding carboxylic acids is 2. The van der Waals surface area contributed by atoms with E-state index in [-0.39, 0.29) is 30.4 Å². The van der Waals surface area contributed by atoms with Gasteiger partial charge in [-0.3, -0.25) is 15.0 Å². The lowest BCUT2D eigenvalue weighted by atomic mass is 9.85. The molecule has 0 radical (unpaired) electrons. The standard InChI is InChI=1S/C21H28BrN5O2/c1-3-6-18-24-25-20-21(29)26(16-7-4-5-8-17(16)27(18)20)12-19(28)23-15-10-9-13(2)11-14(15)22/h9-11,16-17,20,25H,3-8,12H2,1-2H3,(H,23,28).